The fraction of sp³-hybridized carbons (Fsp3) is 0.731. The number of benzene rings is 1. The minimum Gasteiger partial charge on any atom is -0.461 e. The molecule has 1 spiro atoms. The molecule has 67 heavy (non-hydrogen) atoms. The molecular weight excluding hydrogens is 898 g/mol. The third-order valence-corrected chi connectivity index (χ3v) is 20.9. The summed E-state index contributed by atoms with van der Waals surface area (Å²) in [5, 5.41) is 0.548. The molecule has 11 nitrogen and oxygen atoms in total. The number of nitrogens with two attached hydrogens (primary N) is 1. The zero-order valence-corrected chi connectivity index (χ0v) is 41.6. The second-order valence-electron chi connectivity index (χ2n) is 22.9. The number of halogens is 3. The van der Waals surface area contributed by atoms with E-state index in [1.54, 1.807) is 22.7 Å². The molecule has 2 N–H and O–H groups in total. The Morgan fingerprint density at radius 2 is 1.76 bits per heavy atom. The van der Waals surface area contributed by atoms with Crippen LogP contribution >= 0.6 is 23.4 Å². The van der Waals surface area contributed by atoms with Crippen LogP contribution in [0.3, 0.4) is 0 Å². The van der Waals surface area contributed by atoms with Crippen LogP contribution in [0.25, 0.3) is 0 Å². The number of fused-ring (bicyclic) bond motifs is 3. The van der Waals surface area contributed by atoms with E-state index in [4.69, 9.17) is 31.5 Å². The van der Waals surface area contributed by atoms with E-state index in [0.717, 1.165) is 38.5 Å². The minimum atomic E-state index is -1.36. The molecule has 8 fully saturated rings. The predicted octanol–water partition coefficient (Wildman–Crippen LogP) is 8.51. The van der Waals surface area contributed by atoms with E-state index < -0.39 is 70.4 Å². The van der Waals surface area contributed by atoms with Crippen molar-refractivity contribution < 1.29 is 42.2 Å². The van der Waals surface area contributed by atoms with Crippen LogP contribution < -0.4 is 15.5 Å². The number of carbonyl (C=O) groups is 4. The number of anilines is 2. The molecule has 0 aromatic heterocycles. The molecule has 4 heterocycles. The van der Waals surface area contributed by atoms with Crippen molar-refractivity contribution in [3.8, 4) is 0 Å². The van der Waals surface area contributed by atoms with Gasteiger partial charge in [0.15, 0.2) is 6.10 Å². The van der Waals surface area contributed by atoms with Gasteiger partial charge in [-0.2, -0.15) is 0 Å². The molecule has 4 aliphatic heterocycles. The number of ether oxygens (including phenoxy) is 3. The maximum Gasteiger partial charge on any atom is 0.347 e. The van der Waals surface area contributed by atoms with Crippen molar-refractivity contribution in [2.45, 2.75) is 172 Å². The highest BCUT2D eigenvalue weighted by Gasteiger charge is 2.69. The molecule has 1 aromatic rings. The number of nitrogens with zero attached hydrogens (tertiary/aromatic N) is 3. The number of thioether (sulfide) groups is 1. The first-order valence-electron chi connectivity index (χ1n) is 25.0. The van der Waals surface area contributed by atoms with Crippen molar-refractivity contribution in [3.63, 3.8) is 0 Å². The minimum absolute atomic E-state index is 0.0336. The fourth-order valence-electron chi connectivity index (χ4n) is 14.6. The van der Waals surface area contributed by atoms with Crippen LogP contribution in [-0.4, -0.2) is 108 Å². The van der Waals surface area contributed by atoms with Crippen LogP contribution in [-0.2, 0) is 39.8 Å². The molecule has 15 heteroatoms. The van der Waals surface area contributed by atoms with Gasteiger partial charge in [0.1, 0.15) is 30.0 Å². The standard InChI is InChI=1S/C52H69ClF2N4O7S/c1-8-49(5)22-40(65-41(61)25-67-34-19-32-9-10-33(20-34)57(32)7)50(6)27(2)11-13-52(14-12-38(60)45(50)52)28(3)46(49)66-47(62)29(4)64-48(63)31-17-30-18-36(55)44(58-24-39(56)51(26-58)15-16-51)42(53)43(30)59(23-31)37-21-35(37)54/h8,18,23,27-29,32-35,37,39-40,45-46H,1,9-17,19-22,24-26,56H2,2-7H3/t27?,28-,29?,32?,33?,34?,35+,37?,39-,40+,45?,46-,49+,50-,52?/m1/s1. The summed E-state index contributed by atoms with van der Waals surface area (Å²) in [6.07, 6.45) is 8.90. The molecule has 366 valence electrons. The van der Waals surface area contributed by atoms with Gasteiger partial charge in [-0.05, 0) is 101 Å². The maximum atomic E-state index is 16.1. The van der Waals surface area contributed by atoms with Crippen molar-refractivity contribution in [2.75, 3.05) is 35.7 Å². The molecule has 4 bridgehead atoms. The van der Waals surface area contributed by atoms with E-state index in [1.807, 2.05) is 11.8 Å². The number of hydrogen-bond acceptors (Lipinski definition) is 12. The first kappa shape index (κ1) is 47.5. The molecular formula is C52H69ClF2N4O7S. The quantitative estimate of drug-likeness (QED) is 0.130. The average molecular weight is 968 g/mol. The number of ketones is 1. The Kier molecular flexibility index (Phi) is 12.0. The lowest BCUT2D eigenvalue weighted by molar-refractivity contribution is -0.215. The van der Waals surface area contributed by atoms with E-state index in [1.165, 1.54) is 32.0 Å². The van der Waals surface area contributed by atoms with Crippen LogP contribution in [0, 0.1) is 45.2 Å². The molecule has 3 saturated heterocycles. The van der Waals surface area contributed by atoms with Gasteiger partial charge >= 0.3 is 17.9 Å². The Hall–Kier alpha value is -3.20. The normalized spacial score (nSPS) is 40.8. The van der Waals surface area contributed by atoms with Crippen molar-refractivity contribution in [2.24, 2.45) is 45.1 Å². The van der Waals surface area contributed by atoms with Gasteiger partial charge < -0.3 is 34.6 Å². The highest BCUT2D eigenvalue weighted by Crippen LogP contribution is 2.68. The van der Waals surface area contributed by atoms with Gasteiger partial charge in [-0.15, -0.1) is 18.3 Å². The number of hydrogen-bond donors (Lipinski definition) is 1. The van der Waals surface area contributed by atoms with E-state index in [9.17, 15) is 23.6 Å². The van der Waals surface area contributed by atoms with Gasteiger partial charge in [0, 0.05) is 90.0 Å². The maximum absolute atomic E-state index is 16.1. The number of alkyl halides is 1. The lowest BCUT2D eigenvalue weighted by Gasteiger charge is -2.62. The van der Waals surface area contributed by atoms with Crippen LogP contribution in [0.4, 0.5) is 20.2 Å². The van der Waals surface area contributed by atoms with Crippen molar-refractivity contribution in [3.05, 3.63) is 46.9 Å². The first-order chi connectivity index (χ1) is 31.7. The number of carbonyl (C=O) groups excluding carboxylic acids is 4. The summed E-state index contributed by atoms with van der Waals surface area (Å²) in [4.78, 5) is 62.8. The molecule has 1 aromatic carbocycles. The molecule has 0 radical (unpaired) electrons. The van der Waals surface area contributed by atoms with E-state index in [2.05, 4.69) is 39.3 Å². The van der Waals surface area contributed by atoms with Crippen molar-refractivity contribution in [1.29, 1.82) is 0 Å². The van der Waals surface area contributed by atoms with Crippen LogP contribution in [0.15, 0.2) is 30.5 Å². The highest BCUT2D eigenvalue weighted by molar-refractivity contribution is 8.00. The SMILES string of the molecule is C=C[C@@]1(C)C[C@H](OC(=O)CSC2CC3CCC(C2)N3C)[C@@]2(C)C(C)CCC3(CCC(=O)C32)[C@H](C)[C@H]1OC(=O)C(C)OC(=O)C1=CN(C2C[C@@H]2F)c2c(cc(F)c(N3C[C@@H](N)C4(CC4)C3)c2Cl)C1. The third-order valence-electron chi connectivity index (χ3n) is 19.3. The Balaban J connectivity index is 0.876. The second kappa shape index (κ2) is 17.0. The van der Waals surface area contributed by atoms with Crippen LogP contribution in [0.1, 0.15) is 117 Å². The first-order valence-corrected chi connectivity index (χ1v) is 26.4. The van der Waals surface area contributed by atoms with Crippen LogP contribution in [0.5, 0.6) is 0 Å². The summed E-state index contributed by atoms with van der Waals surface area (Å²) < 4.78 is 50.0. The Morgan fingerprint density at radius 3 is 2.40 bits per heavy atom. The fourth-order valence-corrected chi connectivity index (χ4v) is 16.2. The predicted molar refractivity (Wildman–Crippen MR) is 255 cm³/mol. The third kappa shape index (κ3) is 7.77. The summed E-state index contributed by atoms with van der Waals surface area (Å²) in [7, 11) is 2.21. The monoisotopic (exact) mass is 966 g/mol. The van der Waals surface area contributed by atoms with Crippen molar-refractivity contribution >= 4 is 58.4 Å². The molecule has 5 aliphatic carbocycles. The Bertz CT molecular complexity index is 2270. The van der Waals surface area contributed by atoms with Gasteiger partial charge in [0.2, 0.25) is 0 Å². The number of Topliss-reactive ketones (excluding diaryl/α,β-unsaturated/α-hetero) is 1. The van der Waals surface area contributed by atoms with Gasteiger partial charge in [-0.25, -0.2) is 18.4 Å². The highest BCUT2D eigenvalue weighted by atomic mass is 35.5. The largest absolute Gasteiger partial charge is 0.461 e. The van der Waals surface area contributed by atoms with Gasteiger partial charge in [0.25, 0.3) is 0 Å². The average Bonchev–Trinajstić information content (AvgIpc) is 4.16. The van der Waals surface area contributed by atoms with Gasteiger partial charge in [-0.3, -0.25) is 9.59 Å². The van der Waals surface area contributed by atoms with E-state index in [-0.39, 0.29) is 76.3 Å². The number of rotatable bonds is 11. The summed E-state index contributed by atoms with van der Waals surface area (Å²) >= 11 is 8.72. The molecule has 7 unspecified atom stereocenters. The number of piperidine rings is 1. The topological polar surface area (TPSA) is 132 Å². The lowest BCUT2D eigenvalue weighted by atomic mass is 9.44. The van der Waals surface area contributed by atoms with E-state index >= 15 is 4.39 Å². The molecule has 0 amide bonds. The zero-order chi connectivity index (χ0) is 47.7. The van der Waals surface area contributed by atoms with E-state index in [0.29, 0.717) is 54.5 Å². The lowest BCUT2D eigenvalue weighted by Crippen LogP contribution is -2.63. The molecule has 9 aliphatic rings. The summed E-state index contributed by atoms with van der Waals surface area (Å²) in [5.74, 6) is -2.64. The zero-order valence-electron chi connectivity index (χ0n) is 40.0. The van der Waals surface area contributed by atoms with Gasteiger partial charge in [0.05, 0.1) is 33.8 Å². The van der Waals surface area contributed by atoms with Crippen LogP contribution in [0.2, 0.25) is 5.02 Å². The molecule has 14 atom stereocenters. The Morgan fingerprint density at radius 1 is 1.06 bits per heavy atom. The van der Waals surface area contributed by atoms with Crippen molar-refractivity contribution in [1.82, 2.24) is 4.90 Å². The summed E-state index contributed by atoms with van der Waals surface area (Å²) in [5.41, 5.74) is 5.58. The number of esters is 3. The summed E-state index contributed by atoms with van der Waals surface area (Å²) in [6, 6.07) is 1.79. The summed E-state index contributed by atoms with van der Waals surface area (Å²) in [6.45, 7) is 15.2. The molecule has 5 saturated carbocycles. The smallest absolute Gasteiger partial charge is 0.347 e. The van der Waals surface area contributed by atoms with Gasteiger partial charge in [-0.1, -0.05) is 45.4 Å². The Labute approximate surface area is 403 Å². The second-order valence-corrected chi connectivity index (χ2v) is 24.6. The molecule has 10 rings (SSSR count).